The topological polar surface area (TPSA) is 46.2 Å². The highest BCUT2D eigenvalue weighted by atomic mass is 16.3. The molecule has 0 aromatic heterocycles. The van der Waals surface area contributed by atoms with E-state index in [1.54, 1.807) is 0 Å². The summed E-state index contributed by atoms with van der Waals surface area (Å²) < 4.78 is 0. The monoisotopic (exact) mass is 187 g/mol. The molecule has 0 aromatic carbocycles. The average Bonchev–Trinajstić information content (AvgIpc) is 2.12. The summed E-state index contributed by atoms with van der Waals surface area (Å²) in [6.07, 6.45) is 7.46. The van der Waals surface area contributed by atoms with E-state index in [2.05, 4.69) is 13.8 Å². The van der Waals surface area contributed by atoms with Gasteiger partial charge in [-0.15, -0.1) is 0 Å². The zero-order valence-electron chi connectivity index (χ0n) is 9.13. The molecule has 0 heterocycles. The third-order valence-corrected chi connectivity index (χ3v) is 2.47. The Morgan fingerprint density at radius 3 is 2.23 bits per heavy atom. The second kappa shape index (κ2) is 8.52. The van der Waals surface area contributed by atoms with Gasteiger partial charge in [-0.2, -0.15) is 0 Å². The first-order valence-electron chi connectivity index (χ1n) is 5.66. The highest BCUT2D eigenvalue weighted by Gasteiger charge is 2.12. The van der Waals surface area contributed by atoms with Gasteiger partial charge in [-0.3, -0.25) is 0 Å². The maximum atomic E-state index is 9.62. The molecule has 2 atom stereocenters. The largest absolute Gasteiger partial charge is 0.392 e. The van der Waals surface area contributed by atoms with Gasteiger partial charge in [0.15, 0.2) is 0 Å². The first-order valence-corrected chi connectivity index (χ1v) is 5.66. The van der Waals surface area contributed by atoms with E-state index in [4.69, 9.17) is 5.73 Å². The molecule has 3 N–H and O–H groups in total. The summed E-state index contributed by atoms with van der Waals surface area (Å²) in [4.78, 5) is 0. The summed E-state index contributed by atoms with van der Waals surface area (Å²) in [5.74, 6) is 0. The van der Waals surface area contributed by atoms with Gasteiger partial charge in [0.25, 0.3) is 0 Å². The molecule has 0 aliphatic heterocycles. The number of unbranched alkanes of at least 4 members (excludes halogenated alkanes) is 3. The summed E-state index contributed by atoms with van der Waals surface area (Å²) >= 11 is 0. The molecular weight excluding hydrogens is 162 g/mol. The smallest absolute Gasteiger partial charge is 0.0691 e. The summed E-state index contributed by atoms with van der Waals surface area (Å²) in [6.45, 7) is 4.29. The van der Waals surface area contributed by atoms with Crippen LogP contribution in [0.1, 0.15) is 58.8 Å². The fourth-order valence-corrected chi connectivity index (χ4v) is 1.52. The van der Waals surface area contributed by atoms with Gasteiger partial charge in [0.1, 0.15) is 0 Å². The highest BCUT2D eigenvalue weighted by molar-refractivity contribution is 4.70. The van der Waals surface area contributed by atoms with E-state index >= 15 is 0 Å². The molecule has 1 unspecified atom stereocenters. The normalized spacial score (nSPS) is 15.7. The predicted molar refractivity (Wildman–Crippen MR) is 57.6 cm³/mol. The Balaban J connectivity index is 3.32. The van der Waals surface area contributed by atoms with Crippen LogP contribution in [0.25, 0.3) is 0 Å². The van der Waals surface area contributed by atoms with E-state index in [-0.39, 0.29) is 12.1 Å². The Hall–Kier alpha value is -0.0800. The van der Waals surface area contributed by atoms with Crippen molar-refractivity contribution >= 4 is 0 Å². The van der Waals surface area contributed by atoms with Crippen molar-refractivity contribution in [3.63, 3.8) is 0 Å². The molecule has 80 valence electrons. The fraction of sp³-hybridized carbons (Fsp3) is 1.00. The van der Waals surface area contributed by atoms with Crippen LogP contribution < -0.4 is 5.73 Å². The van der Waals surface area contributed by atoms with Gasteiger partial charge in [-0.25, -0.2) is 0 Å². The van der Waals surface area contributed by atoms with Crippen molar-refractivity contribution in [2.45, 2.75) is 70.9 Å². The lowest BCUT2D eigenvalue weighted by Gasteiger charge is -2.17. The Labute approximate surface area is 82.5 Å². The Morgan fingerprint density at radius 2 is 1.69 bits per heavy atom. The summed E-state index contributed by atoms with van der Waals surface area (Å²) in [5.41, 5.74) is 5.79. The third-order valence-electron chi connectivity index (χ3n) is 2.47. The molecule has 0 radical (unpaired) electrons. The zero-order chi connectivity index (χ0) is 10.1. The van der Waals surface area contributed by atoms with Gasteiger partial charge in [0, 0.05) is 6.04 Å². The summed E-state index contributed by atoms with van der Waals surface area (Å²) in [6, 6.07) is -0.00775. The molecule has 13 heavy (non-hydrogen) atoms. The van der Waals surface area contributed by atoms with Gasteiger partial charge in [0.05, 0.1) is 6.10 Å². The second-order valence-electron chi connectivity index (χ2n) is 3.87. The average molecular weight is 187 g/mol. The number of aliphatic hydroxyl groups is 1. The Bertz CT molecular complexity index is 106. The lowest BCUT2D eigenvalue weighted by Crippen LogP contribution is -2.34. The van der Waals surface area contributed by atoms with Gasteiger partial charge in [0.2, 0.25) is 0 Å². The van der Waals surface area contributed by atoms with E-state index in [9.17, 15) is 5.11 Å². The van der Waals surface area contributed by atoms with Crippen LogP contribution in [-0.4, -0.2) is 17.3 Å². The van der Waals surface area contributed by atoms with Crippen LogP contribution in [-0.2, 0) is 0 Å². The van der Waals surface area contributed by atoms with Crippen molar-refractivity contribution < 1.29 is 5.11 Å². The minimum atomic E-state index is -0.281. The molecule has 0 amide bonds. The minimum absolute atomic E-state index is 0.00775. The van der Waals surface area contributed by atoms with Crippen LogP contribution in [0, 0.1) is 0 Å². The molecule has 0 aliphatic carbocycles. The van der Waals surface area contributed by atoms with Crippen LogP contribution in [0.15, 0.2) is 0 Å². The Morgan fingerprint density at radius 1 is 1.00 bits per heavy atom. The number of aliphatic hydroxyl groups excluding tert-OH is 1. The molecule has 0 fully saturated rings. The lowest BCUT2D eigenvalue weighted by atomic mass is 10.0. The molecule has 0 saturated carbocycles. The highest BCUT2D eigenvalue weighted by Crippen LogP contribution is 2.09. The van der Waals surface area contributed by atoms with Crippen LogP contribution in [0.4, 0.5) is 0 Å². The van der Waals surface area contributed by atoms with Crippen molar-refractivity contribution in [3.05, 3.63) is 0 Å². The predicted octanol–water partition coefficient (Wildman–Crippen LogP) is 2.45. The van der Waals surface area contributed by atoms with Crippen molar-refractivity contribution in [2.24, 2.45) is 5.73 Å². The molecule has 0 saturated heterocycles. The maximum Gasteiger partial charge on any atom is 0.0691 e. The first kappa shape index (κ1) is 12.9. The molecule has 0 spiro atoms. The van der Waals surface area contributed by atoms with Crippen molar-refractivity contribution in [1.82, 2.24) is 0 Å². The number of hydrogen-bond donors (Lipinski definition) is 2. The molecule has 0 aliphatic rings. The SMILES string of the molecule is CCCCCCC(O)[C@@H](N)CCC. The van der Waals surface area contributed by atoms with E-state index in [1.165, 1.54) is 19.3 Å². The standard InChI is InChI=1S/C11H25NO/c1-3-5-6-7-9-11(13)10(12)8-4-2/h10-11,13H,3-9,12H2,1-2H3/t10-,11?/m0/s1. The molecule has 0 aromatic rings. The van der Waals surface area contributed by atoms with Crippen LogP contribution >= 0.6 is 0 Å². The summed E-state index contributed by atoms with van der Waals surface area (Å²) in [5, 5.41) is 9.62. The Kier molecular flexibility index (Phi) is 8.46. The van der Waals surface area contributed by atoms with Gasteiger partial charge in [-0.05, 0) is 12.8 Å². The van der Waals surface area contributed by atoms with E-state index in [0.717, 1.165) is 25.7 Å². The van der Waals surface area contributed by atoms with E-state index < -0.39 is 0 Å². The van der Waals surface area contributed by atoms with Gasteiger partial charge >= 0.3 is 0 Å². The maximum absolute atomic E-state index is 9.62. The van der Waals surface area contributed by atoms with Gasteiger partial charge < -0.3 is 10.8 Å². The minimum Gasteiger partial charge on any atom is -0.392 e. The second-order valence-corrected chi connectivity index (χ2v) is 3.87. The summed E-state index contributed by atoms with van der Waals surface area (Å²) in [7, 11) is 0. The van der Waals surface area contributed by atoms with Crippen LogP contribution in [0.5, 0.6) is 0 Å². The van der Waals surface area contributed by atoms with Crippen molar-refractivity contribution in [1.29, 1.82) is 0 Å². The third kappa shape index (κ3) is 7.03. The molecule has 0 bridgehead atoms. The van der Waals surface area contributed by atoms with Crippen molar-refractivity contribution in [3.8, 4) is 0 Å². The first-order chi connectivity index (χ1) is 6.22. The van der Waals surface area contributed by atoms with Crippen molar-refractivity contribution in [2.75, 3.05) is 0 Å². The zero-order valence-corrected chi connectivity index (χ0v) is 9.13. The van der Waals surface area contributed by atoms with E-state index in [1.807, 2.05) is 0 Å². The van der Waals surface area contributed by atoms with Gasteiger partial charge in [-0.1, -0.05) is 46.0 Å². The van der Waals surface area contributed by atoms with Crippen LogP contribution in [0.2, 0.25) is 0 Å². The lowest BCUT2D eigenvalue weighted by molar-refractivity contribution is 0.127. The van der Waals surface area contributed by atoms with E-state index in [0.29, 0.717) is 0 Å². The number of rotatable bonds is 8. The number of nitrogens with two attached hydrogens (primary N) is 1. The van der Waals surface area contributed by atoms with Crippen LogP contribution in [0.3, 0.4) is 0 Å². The molecular formula is C11H25NO. The molecule has 2 heteroatoms. The number of hydrogen-bond acceptors (Lipinski definition) is 2. The quantitative estimate of drug-likeness (QED) is 0.573. The molecule has 2 nitrogen and oxygen atoms in total. The fourth-order valence-electron chi connectivity index (χ4n) is 1.52. The molecule has 0 rings (SSSR count).